The molecule has 16 heavy (non-hydrogen) atoms. The van der Waals surface area contributed by atoms with Crippen molar-refractivity contribution < 1.29 is 4.79 Å². The highest BCUT2D eigenvalue weighted by Crippen LogP contribution is 2.20. The number of fused-ring (bicyclic) bond motifs is 1. The van der Waals surface area contributed by atoms with Gasteiger partial charge in [-0.3, -0.25) is 4.79 Å². The largest absolute Gasteiger partial charge is 0.295 e. The van der Waals surface area contributed by atoms with E-state index in [9.17, 15) is 4.79 Å². The van der Waals surface area contributed by atoms with Gasteiger partial charge >= 0.3 is 0 Å². The summed E-state index contributed by atoms with van der Waals surface area (Å²) >= 11 is 1.22. The first-order chi connectivity index (χ1) is 7.88. The fourth-order valence-corrected chi connectivity index (χ4v) is 2.10. The van der Waals surface area contributed by atoms with Crippen LogP contribution in [0.1, 0.15) is 9.80 Å². The molecular formula is C10H6N4OS. The summed E-state index contributed by atoms with van der Waals surface area (Å²) < 4.78 is 1.59. The van der Waals surface area contributed by atoms with E-state index in [1.54, 1.807) is 4.52 Å². The van der Waals surface area contributed by atoms with Crippen molar-refractivity contribution in [2.45, 2.75) is 0 Å². The van der Waals surface area contributed by atoms with Crippen molar-refractivity contribution in [1.82, 2.24) is 19.8 Å². The van der Waals surface area contributed by atoms with Gasteiger partial charge in [0.05, 0.1) is 0 Å². The van der Waals surface area contributed by atoms with Crippen molar-refractivity contribution in [1.29, 1.82) is 0 Å². The zero-order valence-corrected chi connectivity index (χ0v) is 8.89. The summed E-state index contributed by atoms with van der Waals surface area (Å²) in [7, 11) is 0. The van der Waals surface area contributed by atoms with E-state index in [0.29, 0.717) is 22.1 Å². The van der Waals surface area contributed by atoms with Crippen molar-refractivity contribution in [3.8, 4) is 11.4 Å². The van der Waals surface area contributed by atoms with Gasteiger partial charge in [0.2, 0.25) is 4.96 Å². The van der Waals surface area contributed by atoms with Crippen LogP contribution in [0.25, 0.3) is 16.3 Å². The Morgan fingerprint density at radius 1 is 1.19 bits per heavy atom. The first kappa shape index (κ1) is 9.17. The summed E-state index contributed by atoms with van der Waals surface area (Å²) in [5, 5.41) is 12.5. The maximum atomic E-state index is 10.6. The van der Waals surface area contributed by atoms with Crippen LogP contribution in [0.5, 0.6) is 0 Å². The van der Waals surface area contributed by atoms with E-state index >= 15 is 0 Å². The molecule has 5 nitrogen and oxygen atoms in total. The maximum Gasteiger partial charge on any atom is 0.235 e. The molecule has 0 saturated heterocycles. The summed E-state index contributed by atoms with van der Waals surface area (Å²) in [5.74, 6) is 0.653. The van der Waals surface area contributed by atoms with Crippen LogP contribution in [0.3, 0.4) is 0 Å². The van der Waals surface area contributed by atoms with Gasteiger partial charge in [-0.25, -0.2) is 0 Å². The molecule has 0 saturated carbocycles. The molecule has 1 aromatic carbocycles. The van der Waals surface area contributed by atoms with Crippen LogP contribution in [0.4, 0.5) is 0 Å². The molecule has 0 aliphatic carbocycles. The quantitative estimate of drug-likeness (QED) is 0.628. The number of benzene rings is 1. The minimum absolute atomic E-state index is 0.405. The van der Waals surface area contributed by atoms with Gasteiger partial charge in [-0.2, -0.15) is 4.52 Å². The summed E-state index contributed by atoms with van der Waals surface area (Å²) in [6, 6.07) is 9.62. The first-order valence-electron chi connectivity index (χ1n) is 4.61. The fourth-order valence-electron chi connectivity index (χ4n) is 1.45. The molecular weight excluding hydrogens is 224 g/mol. The molecule has 0 N–H and O–H groups in total. The van der Waals surface area contributed by atoms with Crippen LogP contribution < -0.4 is 0 Å². The van der Waals surface area contributed by atoms with Gasteiger partial charge in [0, 0.05) is 5.56 Å². The van der Waals surface area contributed by atoms with Crippen molar-refractivity contribution in [2.75, 3.05) is 0 Å². The number of aromatic nitrogens is 4. The Morgan fingerprint density at radius 3 is 2.75 bits per heavy atom. The van der Waals surface area contributed by atoms with Crippen LogP contribution in [0, 0.1) is 0 Å². The second-order valence-corrected chi connectivity index (χ2v) is 4.13. The standard InChI is InChI=1S/C10H6N4OS/c15-6-8-13-14-9(11-12-10(14)16-8)7-4-2-1-3-5-7/h1-6H. The Bertz CT molecular complexity index is 643. The molecule has 0 amide bonds. The Hall–Kier alpha value is -2.08. The van der Waals surface area contributed by atoms with Gasteiger partial charge in [0.15, 0.2) is 17.1 Å². The number of aldehydes is 1. The first-order valence-corrected chi connectivity index (χ1v) is 5.43. The van der Waals surface area contributed by atoms with Crippen molar-refractivity contribution in [3.63, 3.8) is 0 Å². The summed E-state index contributed by atoms with van der Waals surface area (Å²) in [4.78, 5) is 11.2. The van der Waals surface area contributed by atoms with E-state index in [-0.39, 0.29) is 0 Å². The van der Waals surface area contributed by atoms with E-state index in [2.05, 4.69) is 15.3 Å². The molecule has 6 heteroatoms. The third-order valence-corrected chi connectivity index (χ3v) is 2.96. The number of nitrogens with zero attached hydrogens (tertiary/aromatic N) is 4. The van der Waals surface area contributed by atoms with E-state index < -0.39 is 0 Å². The average molecular weight is 230 g/mol. The molecule has 3 rings (SSSR count). The zero-order valence-electron chi connectivity index (χ0n) is 8.07. The summed E-state index contributed by atoms with van der Waals surface area (Å²) in [6.45, 7) is 0. The molecule has 3 aromatic rings. The summed E-state index contributed by atoms with van der Waals surface area (Å²) in [5.41, 5.74) is 0.928. The second kappa shape index (κ2) is 3.49. The predicted molar refractivity (Wildman–Crippen MR) is 59.5 cm³/mol. The zero-order chi connectivity index (χ0) is 11.0. The van der Waals surface area contributed by atoms with E-state index in [1.165, 1.54) is 11.3 Å². The Morgan fingerprint density at radius 2 is 2.00 bits per heavy atom. The Kier molecular flexibility index (Phi) is 2.00. The Balaban J connectivity index is 2.24. The highest BCUT2D eigenvalue weighted by atomic mass is 32.1. The molecule has 0 fully saturated rings. The number of hydrogen-bond acceptors (Lipinski definition) is 5. The second-order valence-electron chi connectivity index (χ2n) is 3.14. The number of carbonyl (C=O) groups is 1. The molecule has 0 aliphatic rings. The lowest BCUT2D eigenvalue weighted by molar-refractivity contribution is 0.112. The van der Waals surface area contributed by atoms with Crippen LogP contribution in [-0.2, 0) is 0 Å². The van der Waals surface area contributed by atoms with E-state index in [4.69, 9.17) is 0 Å². The molecule has 78 valence electrons. The SMILES string of the molecule is O=Cc1nn2c(-c3ccccc3)nnc2s1. The van der Waals surface area contributed by atoms with Crippen LogP contribution in [0.15, 0.2) is 30.3 Å². The normalized spacial score (nSPS) is 10.8. The molecule has 0 aliphatic heterocycles. The fraction of sp³-hybridized carbons (Fsp3) is 0. The average Bonchev–Trinajstić information content (AvgIpc) is 2.88. The van der Waals surface area contributed by atoms with Gasteiger partial charge in [-0.1, -0.05) is 41.7 Å². The molecule has 0 spiro atoms. The third kappa shape index (κ3) is 1.31. The summed E-state index contributed by atoms with van der Waals surface area (Å²) in [6.07, 6.45) is 0.716. The van der Waals surface area contributed by atoms with Gasteiger partial charge in [0.25, 0.3) is 0 Å². The Labute approximate surface area is 94.4 Å². The van der Waals surface area contributed by atoms with Crippen molar-refractivity contribution >= 4 is 22.6 Å². The smallest absolute Gasteiger partial charge is 0.235 e. The third-order valence-electron chi connectivity index (χ3n) is 2.14. The molecule has 0 atom stereocenters. The lowest BCUT2D eigenvalue weighted by Gasteiger charge is -1.94. The van der Waals surface area contributed by atoms with Crippen LogP contribution in [0.2, 0.25) is 0 Å². The minimum Gasteiger partial charge on any atom is -0.295 e. The highest BCUT2D eigenvalue weighted by Gasteiger charge is 2.12. The molecule has 0 radical (unpaired) electrons. The van der Waals surface area contributed by atoms with Gasteiger partial charge in [-0.05, 0) is 0 Å². The lowest BCUT2D eigenvalue weighted by atomic mass is 10.2. The van der Waals surface area contributed by atoms with Crippen LogP contribution >= 0.6 is 11.3 Å². The monoisotopic (exact) mass is 230 g/mol. The predicted octanol–water partition coefficient (Wildman–Crippen LogP) is 1.67. The molecule has 0 unspecified atom stereocenters. The number of rotatable bonds is 2. The molecule has 2 heterocycles. The van der Waals surface area contributed by atoms with Gasteiger partial charge < -0.3 is 0 Å². The van der Waals surface area contributed by atoms with Gasteiger partial charge in [0.1, 0.15) is 0 Å². The molecule has 2 aromatic heterocycles. The van der Waals surface area contributed by atoms with Crippen molar-refractivity contribution in [3.05, 3.63) is 35.3 Å². The minimum atomic E-state index is 0.405. The van der Waals surface area contributed by atoms with E-state index in [0.717, 1.165) is 5.56 Å². The van der Waals surface area contributed by atoms with Crippen molar-refractivity contribution in [2.24, 2.45) is 0 Å². The number of carbonyl (C=O) groups excluding carboxylic acids is 1. The number of hydrogen-bond donors (Lipinski definition) is 0. The van der Waals surface area contributed by atoms with Crippen LogP contribution in [-0.4, -0.2) is 26.1 Å². The van der Waals surface area contributed by atoms with E-state index in [1.807, 2.05) is 30.3 Å². The highest BCUT2D eigenvalue weighted by molar-refractivity contribution is 7.18. The van der Waals surface area contributed by atoms with Gasteiger partial charge in [-0.15, -0.1) is 15.3 Å². The topological polar surface area (TPSA) is 60.2 Å². The lowest BCUT2D eigenvalue weighted by Crippen LogP contribution is -1.91. The maximum absolute atomic E-state index is 10.6. The molecule has 0 bridgehead atoms.